The summed E-state index contributed by atoms with van der Waals surface area (Å²) in [4.78, 5) is 2.59. The molecule has 1 atom stereocenters. The SMILES string of the molecule is COc1ccc(CCN2CCCC2CCN)cc1. The lowest BCUT2D eigenvalue weighted by Gasteiger charge is -2.23. The third kappa shape index (κ3) is 3.47. The van der Waals surface area contributed by atoms with E-state index < -0.39 is 0 Å². The molecule has 1 aromatic carbocycles. The van der Waals surface area contributed by atoms with Crippen LogP contribution in [0.3, 0.4) is 0 Å². The summed E-state index contributed by atoms with van der Waals surface area (Å²) in [6.07, 6.45) is 4.90. The average molecular weight is 248 g/mol. The molecular weight excluding hydrogens is 224 g/mol. The molecule has 1 saturated heterocycles. The topological polar surface area (TPSA) is 38.5 Å². The number of rotatable bonds is 6. The number of nitrogens with zero attached hydrogens (tertiary/aromatic N) is 1. The Labute approximate surface area is 110 Å². The Morgan fingerprint density at radius 1 is 1.33 bits per heavy atom. The van der Waals surface area contributed by atoms with E-state index in [0.717, 1.165) is 31.7 Å². The molecule has 2 N–H and O–H groups in total. The van der Waals surface area contributed by atoms with Gasteiger partial charge in [0, 0.05) is 12.6 Å². The number of hydrogen-bond acceptors (Lipinski definition) is 3. The van der Waals surface area contributed by atoms with Gasteiger partial charge in [0.15, 0.2) is 0 Å². The highest BCUT2D eigenvalue weighted by atomic mass is 16.5. The van der Waals surface area contributed by atoms with Gasteiger partial charge in [-0.25, -0.2) is 0 Å². The van der Waals surface area contributed by atoms with Crippen molar-refractivity contribution in [2.24, 2.45) is 5.73 Å². The maximum absolute atomic E-state index is 5.67. The summed E-state index contributed by atoms with van der Waals surface area (Å²) in [5.41, 5.74) is 7.05. The molecule has 2 rings (SSSR count). The van der Waals surface area contributed by atoms with Gasteiger partial charge in [-0.05, 0) is 56.5 Å². The van der Waals surface area contributed by atoms with E-state index in [9.17, 15) is 0 Å². The lowest BCUT2D eigenvalue weighted by molar-refractivity contribution is 0.248. The van der Waals surface area contributed by atoms with Crippen LogP contribution in [0.5, 0.6) is 5.75 Å². The standard InChI is InChI=1S/C15H24N2O/c1-18-15-6-4-13(5-7-15)9-12-17-11-2-3-14(17)8-10-16/h4-7,14H,2-3,8-12,16H2,1H3. The van der Waals surface area contributed by atoms with E-state index in [1.807, 2.05) is 12.1 Å². The molecule has 1 aliphatic rings. The van der Waals surface area contributed by atoms with Crippen molar-refractivity contribution in [2.75, 3.05) is 26.7 Å². The van der Waals surface area contributed by atoms with Crippen molar-refractivity contribution in [2.45, 2.75) is 31.7 Å². The van der Waals surface area contributed by atoms with Gasteiger partial charge in [-0.1, -0.05) is 12.1 Å². The zero-order chi connectivity index (χ0) is 12.8. The minimum Gasteiger partial charge on any atom is -0.497 e. The van der Waals surface area contributed by atoms with Crippen LogP contribution in [0.4, 0.5) is 0 Å². The van der Waals surface area contributed by atoms with Crippen LogP contribution in [0.1, 0.15) is 24.8 Å². The van der Waals surface area contributed by atoms with Gasteiger partial charge in [0.1, 0.15) is 5.75 Å². The molecular formula is C15H24N2O. The molecule has 1 heterocycles. The highest BCUT2D eigenvalue weighted by Gasteiger charge is 2.22. The van der Waals surface area contributed by atoms with Crippen molar-refractivity contribution in [1.29, 1.82) is 0 Å². The third-order valence-electron chi connectivity index (χ3n) is 3.85. The van der Waals surface area contributed by atoms with Gasteiger partial charge in [0.05, 0.1) is 7.11 Å². The first-order chi connectivity index (χ1) is 8.83. The quantitative estimate of drug-likeness (QED) is 0.837. The van der Waals surface area contributed by atoms with Crippen LogP contribution in [-0.4, -0.2) is 37.7 Å². The summed E-state index contributed by atoms with van der Waals surface area (Å²) in [5, 5.41) is 0. The molecule has 0 bridgehead atoms. The number of nitrogens with two attached hydrogens (primary N) is 1. The Bertz CT molecular complexity index is 350. The molecule has 1 aromatic rings. The van der Waals surface area contributed by atoms with Crippen molar-refractivity contribution in [1.82, 2.24) is 4.90 Å². The molecule has 0 saturated carbocycles. The fraction of sp³-hybridized carbons (Fsp3) is 0.600. The number of likely N-dealkylation sites (tertiary alicyclic amines) is 1. The maximum atomic E-state index is 5.67. The number of hydrogen-bond donors (Lipinski definition) is 1. The second-order valence-electron chi connectivity index (χ2n) is 5.01. The van der Waals surface area contributed by atoms with E-state index in [-0.39, 0.29) is 0 Å². The zero-order valence-electron chi connectivity index (χ0n) is 11.3. The number of methoxy groups -OCH3 is 1. The number of ether oxygens (including phenoxy) is 1. The first-order valence-electron chi connectivity index (χ1n) is 6.90. The van der Waals surface area contributed by atoms with Crippen molar-refractivity contribution in [3.05, 3.63) is 29.8 Å². The predicted octanol–water partition coefficient (Wildman–Crippen LogP) is 2.05. The van der Waals surface area contributed by atoms with Gasteiger partial charge in [-0.3, -0.25) is 0 Å². The van der Waals surface area contributed by atoms with Crippen LogP contribution in [0.2, 0.25) is 0 Å². The van der Waals surface area contributed by atoms with Gasteiger partial charge < -0.3 is 15.4 Å². The van der Waals surface area contributed by atoms with Gasteiger partial charge >= 0.3 is 0 Å². The Morgan fingerprint density at radius 3 is 2.78 bits per heavy atom. The highest BCUT2D eigenvalue weighted by Crippen LogP contribution is 2.20. The van der Waals surface area contributed by atoms with Gasteiger partial charge in [-0.15, -0.1) is 0 Å². The van der Waals surface area contributed by atoms with E-state index >= 15 is 0 Å². The van der Waals surface area contributed by atoms with E-state index in [4.69, 9.17) is 10.5 Å². The Balaban J connectivity index is 1.82. The zero-order valence-corrected chi connectivity index (χ0v) is 11.3. The summed E-state index contributed by atoms with van der Waals surface area (Å²) < 4.78 is 5.17. The largest absolute Gasteiger partial charge is 0.497 e. The Morgan fingerprint density at radius 2 is 2.11 bits per heavy atom. The summed E-state index contributed by atoms with van der Waals surface area (Å²) in [5.74, 6) is 0.931. The molecule has 0 spiro atoms. The van der Waals surface area contributed by atoms with Crippen LogP contribution in [0, 0.1) is 0 Å². The highest BCUT2D eigenvalue weighted by molar-refractivity contribution is 5.27. The smallest absolute Gasteiger partial charge is 0.118 e. The molecule has 1 unspecified atom stereocenters. The van der Waals surface area contributed by atoms with E-state index in [0.29, 0.717) is 6.04 Å². The van der Waals surface area contributed by atoms with E-state index in [2.05, 4.69) is 17.0 Å². The van der Waals surface area contributed by atoms with Crippen molar-refractivity contribution < 1.29 is 4.74 Å². The van der Waals surface area contributed by atoms with Crippen molar-refractivity contribution in [3.8, 4) is 5.75 Å². The minimum atomic E-state index is 0.716. The van der Waals surface area contributed by atoms with E-state index in [1.165, 1.54) is 24.9 Å². The van der Waals surface area contributed by atoms with Crippen LogP contribution in [0.25, 0.3) is 0 Å². The lowest BCUT2D eigenvalue weighted by atomic mass is 10.1. The molecule has 0 radical (unpaired) electrons. The molecule has 0 aromatic heterocycles. The summed E-state index contributed by atoms with van der Waals surface area (Å²) in [6, 6.07) is 9.11. The molecule has 3 heteroatoms. The third-order valence-corrected chi connectivity index (χ3v) is 3.85. The summed E-state index contributed by atoms with van der Waals surface area (Å²) >= 11 is 0. The predicted molar refractivity (Wildman–Crippen MR) is 75.0 cm³/mol. The normalized spacial score (nSPS) is 20.2. The molecule has 0 amide bonds. The van der Waals surface area contributed by atoms with Gasteiger partial charge in [0.2, 0.25) is 0 Å². The second kappa shape index (κ2) is 6.76. The first-order valence-corrected chi connectivity index (χ1v) is 6.90. The van der Waals surface area contributed by atoms with Gasteiger partial charge in [-0.2, -0.15) is 0 Å². The van der Waals surface area contributed by atoms with Crippen molar-refractivity contribution >= 4 is 0 Å². The van der Waals surface area contributed by atoms with Crippen molar-refractivity contribution in [3.63, 3.8) is 0 Å². The monoisotopic (exact) mass is 248 g/mol. The Kier molecular flexibility index (Phi) is 5.02. The fourth-order valence-corrected chi connectivity index (χ4v) is 2.77. The molecule has 0 aliphatic carbocycles. The lowest BCUT2D eigenvalue weighted by Crippen LogP contribution is -2.32. The van der Waals surface area contributed by atoms with E-state index in [1.54, 1.807) is 7.11 Å². The molecule has 100 valence electrons. The Hall–Kier alpha value is -1.06. The van der Waals surface area contributed by atoms with Gasteiger partial charge in [0.25, 0.3) is 0 Å². The maximum Gasteiger partial charge on any atom is 0.118 e. The molecule has 3 nitrogen and oxygen atoms in total. The molecule has 1 fully saturated rings. The average Bonchev–Trinajstić information content (AvgIpc) is 2.85. The van der Waals surface area contributed by atoms with Crippen LogP contribution in [0.15, 0.2) is 24.3 Å². The minimum absolute atomic E-state index is 0.716. The van der Waals surface area contributed by atoms with Crippen LogP contribution < -0.4 is 10.5 Å². The first kappa shape index (κ1) is 13.4. The molecule has 1 aliphatic heterocycles. The summed E-state index contributed by atoms with van der Waals surface area (Å²) in [6.45, 7) is 3.20. The van der Waals surface area contributed by atoms with Crippen LogP contribution >= 0.6 is 0 Å². The summed E-state index contributed by atoms with van der Waals surface area (Å²) in [7, 11) is 1.71. The van der Waals surface area contributed by atoms with Crippen LogP contribution in [-0.2, 0) is 6.42 Å². The second-order valence-corrected chi connectivity index (χ2v) is 5.01. The number of benzene rings is 1. The fourth-order valence-electron chi connectivity index (χ4n) is 2.77. The molecule has 18 heavy (non-hydrogen) atoms.